The lowest BCUT2D eigenvalue weighted by Gasteiger charge is -2.28. The Kier molecular flexibility index (Phi) is 8.79. The smallest absolute Gasteiger partial charge is 0.254 e. The zero-order valence-corrected chi connectivity index (χ0v) is 21.8. The van der Waals surface area contributed by atoms with Crippen LogP contribution >= 0.6 is 27.3 Å². The van der Waals surface area contributed by atoms with E-state index in [2.05, 4.69) is 15.9 Å². The minimum Gasteiger partial charge on any atom is -0.454 e. The number of rotatable bonds is 11. The summed E-state index contributed by atoms with van der Waals surface area (Å²) >= 11 is 5.02. The second-order valence-corrected chi connectivity index (χ2v) is 10.0. The van der Waals surface area contributed by atoms with Crippen LogP contribution in [0, 0.1) is 0 Å². The number of ether oxygens (including phenoxy) is 3. The van der Waals surface area contributed by atoms with Crippen LogP contribution in [0.4, 0.5) is 0 Å². The molecule has 4 rings (SSSR count). The number of carbonyl (C=O) groups excluding carboxylic acids is 2. The van der Waals surface area contributed by atoms with Crippen LogP contribution in [0.25, 0.3) is 0 Å². The number of halogens is 1. The molecular formula is C26H27BrN2O5S. The van der Waals surface area contributed by atoms with Crippen LogP contribution in [0.2, 0.25) is 0 Å². The number of thiophene rings is 1. The summed E-state index contributed by atoms with van der Waals surface area (Å²) in [5, 5.41) is 1.99. The molecule has 2 aromatic carbocycles. The van der Waals surface area contributed by atoms with Crippen molar-refractivity contribution in [2.24, 2.45) is 0 Å². The second-order valence-electron chi connectivity index (χ2n) is 8.10. The van der Waals surface area contributed by atoms with E-state index in [4.69, 9.17) is 14.2 Å². The third-order valence-electron chi connectivity index (χ3n) is 5.55. The molecule has 2 heterocycles. The highest BCUT2D eigenvalue weighted by atomic mass is 79.9. The third-order valence-corrected chi connectivity index (χ3v) is 6.91. The van der Waals surface area contributed by atoms with Crippen molar-refractivity contribution in [1.82, 2.24) is 9.80 Å². The first-order valence-electron chi connectivity index (χ1n) is 11.3. The summed E-state index contributed by atoms with van der Waals surface area (Å²) in [6, 6.07) is 16.9. The van der Waals surface area contributed by atoms with E-state index in [1.165, 1.54) is 0 Å². The van der Waals surface area contributed by atoms with Gasteiger partial charge in [0, 0.05) is 41.7 Å². The number of nitrogens with zero attached hydrogens (tertiary/aromatic N) is 2. The van der Waals surface area contributed by atoms with Gasteiger partial charge in [-0.2, -0.15) is 0 Å². The molecule has 1 aliphatic rings. The molecule has 0 radical (unpaired) electrons. The van der Waals surface area contributed by atoms with E-state index in [0.717, 1.165) is 14.9 Å². The quantitative estimate of drug-likeness (QED) is 0.311. The number of fused-ring (bicyclic) bond motifs is 1. The van der Waals surface area contributed by atoms with Gasteiger partial charge in [-0.3, -0.25) is 9.59 Å². The summed E-state index contributed by atoms with van der Waals surface area (Å²) in [7, 11) is 1.62. The molecule has 35 heavy (non-hydrogen) atoms. The maximum Gasteiger partial charge on any atom is 0.254 e. The number of benzene rings is 2. The van der Waals surface area contributed by atoms with Gasteiger partial charge in [0.15, 0.2) is 11.5 Å². The van der Waals surface area contributed by atoms with Crippen LogP contribution in [0.5, 0.6) is 11.5 Å². The fourth-order valence-corrected chi connectivity index (χ4v) is 4.92. The summed E-state index contributed by atoms with van der Waals surface area (Å²) in [5.41, 5.74) is 1.47. The number of hydrogen-bond donors (Lipinski definition) is 0. The Morgan fingerprint density at radius 1 is 1.03 bits per heavy atom. The van der Waals surface area contributed by atoms with Crippen molar-refractivity contribution in [3.8, 4) is 11.5 Å². The SMILES string of the molecule is COCCCN(CC(=O)N(Cc1ccc2c(c1)OCO2)Cc1cccs1)C(=O)c1cccc(Br)c1. The van der Waals surface area contributed by atoms with Gasteiger partial charge in [0.25, 0.3) is 5.91 Å². The Morgan fingerprint density at radius 2 is 1.89 bits per heavy atom. The van der Waals surface area contributed by atoms with Gasteiger partial charge in [-0.1, -0.05) is 34.1 Å². The van der Waals surface area contributed by atoms with Gasteiger partial charge < -0.3 is 24.0 Å². The Morgan fingerprint density at radius 3 is 2.66 bits per heavy atom. The monoisotopic (exact) mass is 558 g/mol. The van der Waals surface area contributed by atoms with Crippen molar-refractivity contribution in [3.63, 3.8) is 0 Å². The molecule has 0 saturated heterocycles. The van der Waals surface area contributed by atoms with Crippen LogP contribution in [-0.4, -0.2) is 55.2 Å². The molecule has 0 atom stereocenters. The van der Waals surface area contributed by atoms with Crippen LogP contribution in [0.15, 0.2) is 64.5 Å². The Bertz CT molecular complexity index is 1150. The van der Waals surface area contributed by atoms with Crippen molar-refractivity contribution in [3.05, 3.63) is 80.5 Å². The Labute approximate surface area is 217 Å². The number of carbonyl (C=O) groups is 2. The lowest BCUT2D eigenvalue weighted by molar-refractivity contribution is -0.133. The molecule has 1 aromatic heterocycles. The summed E-state index contributed by atoms with van der Waals surface area (Å²) in [6.45, 7) is 1.95. The highest BCUT2D eigenvalue weighted by molar-refractivity contribution is 9.10. The van der Waals surface area contributed by atoms with Gasteiger partial charge in [-0.25, -0.2) is 0 Å². The lowest BCUT2D eigenvalue weighted by atomic mass is 10.1. The molecule has 0 bridgehead atoms. The molecule has 0 spiro atoms. The van der Waals surface area contributed by atoms with Crippen molar-refractivity contribution in [2.45, 2.75) is 19.5 Å². The average molecular weight is 559 g/mol. The Balaban J connectivity index is 1.53. The number of hydrogen-bond acceptors (Lipinski definition) is 6. The molecule has 7 nitrogen and oxygen atoms in total. The maximum atomic E-state index is 13.6. The minimum absolute atomic E-state index is 0.0228. The first-order chi connectivity index (χ1) is 17.0. The predicted molar refractivity (Wildman–Crippen MR) is 138 cm³/mol. The molecule has 0 saturated carbocycles. The standard InChI is InChI=1S/C26H27BrN2O5S/c1-32-11-4-10-28(26(31)20-5-2-6-21(27)14-20)17-25(30)29(16-22-7-3-12-35-22)15-19-8-9-23-24(13-19)34-18-33-23/h2-3,5-9,12-14H,4,10-11,15-18H2,1H3. The fourth-order valence-electron chi connectivity index (χ4n) is 3.80. The summed E-state index contributed by atoms with van der Waals surface area (Å²) in [4.78, 5) is 31.4. The van der Waals surface area contributed by atoms with E-state index in [0.29, 0.717) is 49.7 Å². The van der Waals surface area contributed by atoms with E-state index in [1.807, 2.05) is 47.8 Å². The average Bonchev–Trinajstić information content (AvgIpc) is 3.54. The van der Waals surface area contributed by atoms with E-state index in [-0.39, 0.29) is 25.2 Å². The zero-order chi connectivity index (χ0) is 24.6. The summed E-state index contributed by atoms with van der Waals surface area (Å²) < 4.78 is 16.9. The maximum absolute atomic E-state index is 13.6. The molecule has 0 aliphatic carbocycles. The van der Waals surface area contributed by atoms with Crippen molar-refractivity contribution < 1.29 is 23.8 Å². The highest BCUT2D eigenvalue weighted by Gasteiger charge is 2.24. The van der Waals surface area contributed by atoms with Gasteiger partial charge in [-0.05, 0) is 53.8 Å². The molecule has 1 aliphatic heterocycles. The van der Waals surface area contributed by atoms with Gasteiger partial charge in [-0.15, -0.1) is 11.3 Å². The molecule has 184 valence electrons. The number of amides is 2. The van der Waals surface area contributed by atoms with Crippen LogP contribution in [-0.2, 0) is 22.6 Å². The first-order valence-corrected chi connectivity index (χ1v) is 12.9. The predicted octanol–water partition coefficient (Wildman–Crippen LogP) is 4.95. The van der Waals surface area contributed by atoms with Crippen molar-refractivity contribution in [2.75, 3.05) is 33.6 Å². The van der Waals surface area contributed by atoms with Gasteiger partial charge in [0.1, 0.15) is 6.54 Å². The molecule has 2 amide bonds. The normalized spacial score (nSPS) is 11.9. The van der Waals surface area contributed by atoms with Gasteiger partial charge >= 0.3 is 0 Å². The van der Waals surface area contributed by atoms with Gasteiger partial charge in [0.2, 0.25) is 12.7 Å². The van der Waals surface area contributed by atoms with E-state index in [9.17, 15) is 9.59 Å². The second kappa shape index (κ2) is 12.2. The van der Waals surface area contributed by atoms with Crippen LogP contribution in [0.1, 0.15) is 27.2 Å². The van der Waals surface area contributed by atoms with E-state index < -0.39 is 0 Å². The van der Waals surface area contributed by atoms with Crippen molar-refractivity contribution in [1.29, 1.82) is 0 Å². The van der Waals surface area contributed by atoms with E-state index in [1.54, 1.807) is 40.4 Å². The summed E-state index contributed by atoms with van der Waals surface area (Å²) in [6.07, 6.45) is 0.636. The fraction of sp³-hybridized carbons (Fsp3) is 0.308. The minimum atomic E-state index is -0.185. The molecule has 0 fully saturated rings. The first kappa shape index (κ1) is 25.2. The highest BCUT2D eigenvalue weighted by Crippen LogP contribution is 2.33. The topological polar surface area (TPSA) is 68.3 Å². The largest absolute Gasteiger partial charge is 0.454 e. The van der Waals surface area contributed by atoms with E-state index >= 15 is 0 Å². The van der Waals surface area contributed by atoms with Gasteiger partial charge in [0.05, 0.1) is 6.54 Å². The van der Waals surface area contributed by atoms with Crippen molar-refractivity contribution >= 4 is 39.1 Å². The lowest BCUT2D eigenvalue weighted by Crippen LogP contribution is -2.43. The zero-order valence-electron chi connectivity index (χ0n) is 19.4. The molecular weight excluding hydrogens is 532 g/mol. The van der Waals surface area contributed by atoms with Crippen LogP contribution in [0.3, 0.4) is 0 Å². The third kappa shape index (κ3) is 6.84. The summed E-state index contributed by atoms with van der Waals surface area (Å²) in [5.74, 6) is 1.07. The van der Waals surface area contributed by atoms with Crippen LogP contribution < -0.4 is 9.47 Å². The Hall–Kier alpha value is -2.88. The molecule has 0 unspecified atom stereocenters. The molecule has 3 aromatic rings. The molecule has 0 N–H and O–H groups in total. The number of methoxy groups -OCH3 is 1. The molecule has 9 heteroatoms.